The Kier molecular flexibility index (Phi) is 11.8. The van der Waals surface area contributed by atoms with Crippen molar-refractivity contribution < 1.29 is 14.7 Å². The van der Waals surface area contributed by atoms with Crippen molar-refractivity contribution in [3.63, 3.8) is 0 Å². The molecule has 0 unspecified atom stereocenters. The zero-order chi connectivity index (χ0) is 23.1. The SMILES string of the molecule is C.CCCCC(=O)N(Cc1ccc(-c2ccccc2-c2nn[nH]n2)cc1)[C@H](C(=O)O)C(C)C.I. The quantitative estimate of drug-likeness (QED) is 0.311. The standard InChI is InChI=1S/C24H29N5O3.CH4.HI/c1-4-5-10-21(30)29(22(16(2)3)24(31)32)15-17-11-13-18(14-12-17)19-8-6-7-9-20(19)23-25-27-28-26-23;;/h6-9,11-14,16,22H,4-5,10,15H2,1-3H3,(H,31,32)(H,25,26,27,28);1H4;1H/t22-;;/m0../s1. The van der Waals surface area contributed by atoms with E-state index in [1.165, 1.54) is 4.90 Å². The van der Waals surface area contributed by atoms with Crippen LogP contribution in [0.5, 0.6) is 0 Å². The molecule has 0 bridgehead atoms. The maximum Gasteiger partial charge on any atom is 0.326 e. The fourth-order valence-corrected chi connectivity index (χ4v) is 3.78. The topological polar surface area (TPSA) is 112 Å². The van der Waals surface area contributed by atoms with Crippen molar-refractivity contribution in [2.75, 3.05) is 0 Å². The van der Waals surface area contributed by atoms with E-state index >= 15 is 0 Å². The van der Waals surface area contributed by atoms with E-state index in [2.05, 4.69) is 20.6 Å². The van der Waals surface area contributed by atoms with Crippen molar-refractivity contribution in [1.82, 2.24) is 25.5 Å². The number of unbranched alkanes of at least 4 members (excludes halogenated alkanes) is 1. The Hall–Kier alpha value is -2.82. The molecule has 1 heterocycles. The number of halogens is 1. The number of amides is 1. The fraction of sp³-hybridized carbons (Fsp3) is 0.400. The minimum Gasteiger partial charge on any atom is -0.480 e. The molecular formula is C25H34IN5O3. The molecule has 9 heteroatoms. The van der Waals surface area contributed by atoms with Crippen LogP contribution in [0.2, 0.25) is 0 Å². The number of aromatic nitrogens is 4. The van der Waals surface area contributed by atoms with Gasteiger partial charge in [-0.2, -0.15) is 5.21 Å². The number of nitrogens with one attached hydrogen (secondary N) is 1. The summed E-state index contributed by atoms with van der Waals surface area (Å²) >= 11 is 0. The molecule has 0 aliphatic heterocycles. The molecule has 0 aliphatic rings. The number of carbonyl (C=O) groups excluding carboxylic acids is 1. The number of benzene rings is 2. The Bertz CT molecular complexity index is 1040. The number of carbonyl (C=O) groups is 2. The normalized spacial score (nSPS) is 11.3. The molecule has 184 valence electrons. The summed E-state index contributed by atoms with van der Waals surface area (Å²) in [6, 6.07) is 14.7. The zero-order valence-corrected chi connectivity index (χ0v) is 21.4. The number of rotatable bonds is 10. The Balaban J connectivity index is 0.00000289. The van der Waals surface area contributed by atoms with Gasteiger partial charge in [0.1, 0.15) is 6.04 Å². The highest BCUT2D eigenvalue weighted by Crippen LogP contribution is 2.30. The third-order valence-corrected chi connectivity index (χ3v) is 5.42. The molecule has 0 saturated heterocycles. The second kappa shape index (κ2) is 13.8. The minimum atomic E-state index is -0.976. The molecule has 0 radical (unpaired) electrons. The van der Waals surface area contributed by atoms with E-state index in [1.54, 1.807) is 0 Å². The summed E-state index contributed by atoms with van der Waals surface area (Å²) in [6.45, 7) is 5.93. The van der Waals surface area contributed by atoms with Gasteiger partial charge in [-0.15, -0.1) is 34.2 Å². The van der Waals surface area contributed by atoms with Crippen molar-refractivity contribution in [3.8, 4) is 22.5 Å². The number of aliphatic carboxylic acids is 1. The molecule has 0 saturated carbocycles. The van der Waals surface area contributed by atoms with Crippen molar-refractivity contribution in [2.45, 2.75) is 60.0 Å². The monoisotopic (exact) mass is 579 g/mol. The number of H-pyrrole nitrogens is 1. The first-order valence-electron chi connectivity index (χ1n) is 10.9. The Labute approximate surface area is 218 Å². The second-order valence-corrected chi connectivity index (χ2v) is 8.13. The third kappa shape index (κ3) is 7.09. The minimum absolute atomic E-state index is 0. The van der Waals surface area contributed by atoms with E-state index in [0.29, 0.717) is 12.2 Å². The number of hydrogen-bond acceptors (Lipinski definition) is 5. The predicted octanol–water partition coefficient (Wildman–Crippen LogP) is 5.42. The van der Waals surface area contributed by atoms with Gasteiger partial charge in [-0.05, 0) is 34.2 Å². The highest BCUT2D eigenvalue weighted by molar-refractivity contribution is 14.0. The van der Waals surface area contributed by atoms with Crippen LogP contribution in [-0.2, 0) is 16.1 Å². The number of carboxylic acids is 1. The molecule has 8 nitrogen and oxygen atoms in total. The lowest BCUT2D eigenvalue weighted by molar-refractivity contribution is -0.153. The van der Waals surface area contributed by atoms with Gasteiger partial charge < -0.3 is 10.0 Å². The predicted molar refractivity (Wildman–Crippen MR) is 144 cm³/mol. The van der Waals surface area contributed by atoms with Gasteiger partial charge in [0.15, 0.2) is 0 Å². The molecule has 3 rings (SSSR count). The van der Waals surface area contributed by atoms with Crippen LogP contribution >= 0.6 is 24.0 Å². The third-order valence-electron chi connectivity index (χ3n) is 5.42. The Morgan fingerprint density at radius 1 is 1.06 bits per heavy atom. The van der Waals surface area contributed by atoms with Crippen LogP contribution in [-0.4, -0.2) is 48.5 Å². The number of aromatic amines is 1. The van der Waals surface area contributed by atoms with Crippen molar-refractivity contribution in [3.05, 3.63) is 54.1 Å². The molecule has 34 heavy (non-hydrogen) atoms. The van der Waals surface area contributed by atoms with Gasteiger partial charge in [0.25, 0.3) is 0 Å². The first-order chi connectivity index (χ1) is 15.4. The van der Waals surface area contributed by atoms with Gasteiger partial charge in [-0.3, -0.25) is 4.79 Å². The maximum atomic E-state index is 12.9. The van der Waals surface area contributed by atoms with Gasteiger partial charge in [0.05, 0.1) is 0 Å². The number of tetrazole rings is 1. The molecular weight excluding hydrogens is 545 g/mol. The van der Waals surface area contributed by atoms with Crippen LogP contribution in [0.1, 0.15) is 53.0 Å². The molecule has 1 aromatic heterocycles. The summed E-state index contributed by atoms with van der Waals surface area (Å²) < 4.78 is 0. The summed E-state index contributed by atoms with van der Waals surface area (Å²) in [5.74, 6) is -0.784. The molecule has 1 amide bonds. The summed E-state index contributed by atoms with van der Waals surface area (Å²) in [5.41, 5.74) is 3.66. The maximum absolute atomic E-state index is 12.9. The van der Waals surface area contributed by atoms with Gasteiger partial charge in [-0.25, -0.2) is 4.79 Å². The largest absolute Gasteiger partial charge is 0.480 e. The number of nitrogens with zero attached hydrogens (tertiary/aromatic N) is 4. The highest BCUT2D eigenvalue weighted by atomic mass is 127. The lowest BCUT2D eigenvalue weighted by Gasteiger charge is -2.32. The molecule has 0 spiro atoms. The average molecular weight is 579 g/mol. The van der Waals surface area contributed by atoms with E-state index in [9.17, 15) is 14.7 Å². The Morgan fingerprint density at radius 2 is 1.71 bits per heavy atom. The zero-order valence-electron chi connectivity index (χ0n) is 19.1. The summed E-state index contributed by atoms with van der Waals surface area (Å²) in [6.07, 6.45) is 1.97. The van der Waals surface area contributed by atoms with E-state index in [0.717, 1.165) is 35.1 Å². The van der Waals surface area contributed by atoms with Gasteiger partial charge in [0.2, 0.25) is 11.7 Å². The Morgan fingerprint density at radius 3 is 2.24 bits per heavy atom. The van der Waals surface area contributed by atoms with Gasteiger partial charge >= 0.3 is 5.97 Å². The van der Waals surface area contributed by atoms with E-state index in [4.69, 9.17) is 0 Å². The van der Waals surface area contributed by atoms with Gasteiger partial charge in [0, 0.05) is 18.5 Å². The highest BCUT2D eigenvalue weighted by Gasteiger charge is 2.32. The van der Waals surface area contributed by atoms with Crippen LogP contribution in [0.15, 0.2) is 48.5 Å². The van der Waals surface area contributed by atoms with E-state index in [1.807, 2.05) is 69.3 Å². The van der Waals surface area contributed by atoms with Crippen LogP contribution in [0, 0.1) is 5.92 Å². The summed E-state index contributed by atoms with van der Waals surface area (Å²) in [4.78, 5) is 26.3. The smallest absolute Gasteiger partial charge is 0.326 e. The molecule has 0 aliphatic carbocycles. The van der Waals surface area contributed by atoms with Crippen molar-refractivity contribution in [1.29, 1.82) is 0 Å². The molecule has 3 aromatic rings. The molecule has 1 atom stereocenters. The van der Waals surface area contributed by atoms with Crippen LogP contribution in [0.25, 0.3) is 22.5 Å². The number of carboxylic acid groups (broad SMARTS) is 1. The molecule has 0 fully saturated rings. The van der Waals surface area contributed by atoms with E-state index < -0.39 is 12.0 Å². The fourth-order valence-electron chi connectivity index (χ4n) is 3.78. The van der Waals surface area contributed by atoms with Gasteiger partial charge in [-0.1, -0.05) is 83.1 Å². The molecule has 2 aromatic carbocycles. The summed E-state index contributed by atoms with van der Waals surface area (Å²) in [7, 11) is 0. The lowest BCUT2D eigenvalue weighted by Crippen LogP contribution is -2.47. The summed E-state index contributed by atoms with van der Waals surface area (Å²) in [5, 5.41) is 24.0. The van der Waals surface area contributed by atoms with Crippen molar-refractivity contribution in [2.24, 2.45) is 5.92 Å². The lowest BCUT2D eigenvalue weighted by atomic mass is 9.97. The van der Waals surface area contributed by atoms with Crippen LogP contribution in [0.3, 0.4) is 0 Å². The van der Waals surface area contributed by atoms with Crippen LogP contribution in [0.4, 0.5) is 0 Å². The average Bonchev–Trinajstić information content (AvgIpc) is 3.32. The first kappa shape index (κ1) is 29.2. The van der Waals surface area contributed by atoms with Crippen LogP contribution < -0.4 is 0 Å². The number of hydrogen-bond donors (Lipinski definition) is 2. The first-order valence-corrected chi connectivity index (χ1v) is 10.9. The van der Waals surface area contributed by atoms with E-state index in [-0.39, 0.29) is 49.8 Å². The second-order valence-electron chi connectivity index (χ2n) is 8.13. The van der Waals surface area contributed by atoms with Crippen molar-refractivity contribution >= 4 is 35.9 Å². The molecule has 2 N–H and O–H groups in total.